The largest absolute Gasteiger partial charge is 0.481 e. The van der Waals surface area contributed by atoms with Gasteiger partial charge in [-0.1, -0.05) is 6.92 Å². The summed E-state index contributed by atoms with van der Waals surface area (Å²) in [7, 11) is 0. The van der Waals surface area contributed by atoms with Crippen LogP contribution in [0.4, 0.5) is 0 Å². The minimum atomic E-state index is -0.861. The number of carbonyl (C=O) groups is 2. The molecule has 18 heavy (non-hydrogen) atoms. The number of aliphatic carboxylic acids is 1. The number of nitrogens with zero attached hydrogens (tertiary/aromatic N) is 1. The fraction of sp³-hybridized carbons (Fsp3) is 0.500. The van der Waals surface area contributed by atoms with E-state index in [9.17, 15) is 9.59 Å². The first kappa shape index (κ1) is 12.6. The Morgan fingerprint density at radius 1 is 1.50 bits per heavy atom. The summed E-state index contributed by atoms with van der Waals surface area (Å²) in [6, 6.07) is 3.23. The lowest BCUT2D eigenvalue weighted by molar-refractivity contribution is -0.142. The highest BCUT2D eigenvalue weighted by atomic mass is 16.4. The third-order valence-electron chi connectivity index (χ3n) is 3.29. The molecule has 1 fully saturated rings. The molecule has 2 atom stereocenters. The number of carboxylic acid groups (broad SMARTS) is 1. The van der Waals surface area contributed by atoms with Crippen LogP contribution < -0.4 is 5.73 Å². The Balaban J connectivity index is 2.09. The van der Waals surface area contributed by atoms with Crippen molar-refractivity contribution in [3.8, 4) is 0 Å². The second-order valence-electron chi connectivity index (χ2n) is 4.60. The van der Waals surface area contributed by atoms with Crippen molar-refractivity contribution >= 4 is 11.9 Å². The maximum absolute atomic E-state index is 12.1. The van der Waals surface area contributed by atoms with E-state index in [4.69, 9.17) is 15.3 Å². The van der Waals surface area contributed by atoms with Crippen LogP contribution in [0.3, 0.4) is 0 Å². The van der Waals surface area contributed by atoms with Gasteiger partial charge in [0.2, 0.25) is 0 Å². The summed E-state index contributed by atoms with van der Waals surface area (Å²) in [5, 5.41) is 9.02. The molecular formula is C12H16N2O4. The third kappa shape index (κ3) is 2.24. The van der Waals surface area contributed by atoms with Gasteiger partial charge in [-0.3, -0.25) is 9.59 Å². The van der Waals surface area contributed by atoms with Crippen LogP contribution in [-0.4, -0.2) is 35.0 Å². The van der Waals surface area contributed by atoms with Gasteiger partial charge >= 0.3 is 5.97 Å². The summed E-state index contributed by atoms with van der Waals surface area (Å²) in [5.74, 6) is -0.924. The molecule has 0 aromatic carbocycles. The summed E-state index contributed by atoms with van der Waals surface area (Å²) in [6.07, 6.45) is 0. The monoisotopic (exact) mass is 252 g/mol. The third-order valence-corrected chi connectivity index (χ3v) is 3.29. The van der Waals surface area contributed by atoms with Gasteiger partial charge in [-0.05, 0) is 18.1 Å². The van der Waals surface area contributed by atoms with Gasteiger partial charge < -0.3 is 20.2 Å². The van der Waals surface area contributed by atoms with Gasteiger partial charge in [0.05, 0.1) is 12.5 Å². The number of likely N-dealkylation sites (tertiary alicyclic amines) is 1. The van der Waals surface area contributed by atoms with E-state index in [2.05, 4.69) is 0 Å². The zero-order valence-electron chi connectivity index (χ0n) is 10.1. The molecule has 6 heteroatoms. The van der Waals surface area contributed by atoms with Crippen LogP contribution in [0.1, 0.15) is 23.2 Å². The highest BCUT2D eigenvalue weighted by Gasteiger charge is 2.37. The molecule has 1 saturated heterocycles. The van der Waals surface area contributed by atoms with Crippen LogP contribution in [0.25, 0.3) is 0 Å². The molecule has 0 spiro atoms. The number of hydrogen-bond donors (Lipinski definition) is 2. The number of carboxylic acids is 1. The minimum Gasteiger partial charge on any atom is -0.481 e. The molecular weight excluding hydrogens is 236 g/mol. The fourth-order valence-corrected chi connectivity index (χ4v) is 2.21. The number of hydrogen-bond acceptors (Lipinski definition) is 4. The zero-order chi connectivity index (χ0) is 13.3. The molecule has 0 bridgehead atoms. The quantitative estimate of drug-likeness (QED) is 0.818. The van der Waals surface area contributed by atoms with E-state index < -0.39 is 11.9 Å². The van der Waals surface area contributed by atoms with Crippen molar-refractivity contribution in [1.29, 1.82) is 0 Å². The van der Waals surface area contributed by atoms with E-state index in [-0.39, 0.29) is 30.7 Å². The van der Waals surface area contributed by atoms with Crippen LogP contribution in [-0.2, 0) is 11.3 Å². The SMILES string of the molecule is CC1CN(C(=O)c2ccc(CN)o2)CC1C(=O)O. The first-order valence-electron chi connectivity index (χ1n) is 5.83. The molecule has 98 valence electrons. The maximum atomic E-state index is 12.1. The van der Waals surface area contributed by atoms with Crippen LogP contribution >= 0.6 is 0 Å². The summed E-state index contributed by atoms with van der Waals surface area (Å²) >= 11 is 0. The van der Waals surface area contributed by atoms with Gasteiger partial charge in [0.15, 0.2) is 5.76 Å². The van der Waals surface area contributed by atoms with Gasteiger partial charge in [0, 0.05) is 13.1 Å². The van der Waals surface area contributed by atoms with Crippen LogP contribution in [0.5, 0.6) is 0 Å². The zero-order valence-corrected chi connectivity index (χ0v) is 10.1. The van der Waals surface area contributed by atoms with Gasteiger partial charge in [0.25, 0.3) is 5.91 Å². The first-order chi connectivity index (χ1) is 8.52. The lowest BCUT2D eigenvalue weighted by Crippen LogP contribution is -2.29. The average Bonchev–Trinajstić information content (AvgIpc) is 2.94. The fourth-order valence-electron chi connectivity index (χ4n) is 2.21. The van der Waals surface area contributed by atoms with Gasteiger partial charge in [-0.15, -0.1) is 0 Å². The number of furan rings is 1. The van der Waals surface area contributed by atoms with Crippen LogP contribution in [0.2, 0.25) is 0 Å². The summed E-state index contributed by atoms with van der Waals surface area (Å²) in [5.41, 5.74) is 5.40. The van der Waals surface area contributed by atoms with Crippen molar-refractivity contribution in [3.05, 3.63) is 23.7 Å². The summed E-state index contributed by atoms with van der Waals surface area (Å²) in [6.45, 7) is 2.74. The van der Waals surface area contributed by atoms with Gasteiger partial charge in [0.1, 0.15) is 5.76 Å². The van der Waals surface area contributed by atoms with E-state index in [0.717, 1.165) is 0 Å². The molecule has 1 aromatic heterocycles. The van der Waals surface area contributed by atoms with Crippen molar-refractivity contribution in [2.45, 2.75) is 13.5 Å². The normalized spacial score (nSPS) is 23.3. The lowest BCUT2D eigenvalue weighted by Gasteiger charge is -2.13. The van der Waals surface area contributed by atoms with E-state index in [1.54, 1.807) is 12.1 Å². The van der Waals surface area contributed by atoms with Crippen molar-refractivity contribution < 1.29 is 19.1 Å². The second-order valence-corrected chi connectivity index (χ2v) is 4.60. The Kier molecular flexibility index (Phi) is 3.38. The van der Waals surface area contributed by atoms with Gasteiger partial charge in [-0.2, -0.15) is 0 Å². The molecule has 1 aliphatic heterocycles. The smallest absolute Gasteiger partial charge is 0.308 e. The van der Waals surface area contributed by atoms with Crippen molar-refractivity contribution in [3.63, 3.8) is 0 Å². The number of carbonyl (C=O) groups excluding carboxylic acids is 1. The number of amides is 1. The molecule has 1 amide bonds. The Morgan fingerprint density at radius 2 is 2.22 bits per heavy atom. The molecule has 6 nitrogen and oxygen atoms in total. The maximum Gasteiger partial charge on any atom is 0.308 e. The van der Waals surface area contributed by atoms with Gasteiger partial charge in [-0.25, -0.2) is 0 Å². The molecule has 1 aromatic rings. The summed E-state index contributed by atoms with van der Waals surface area (Å²) < 4.78 is 5.27. The van der Waals surface area contributed by atoms with Crippen LogP contribution in [0.15, 0.2) is 16.5 Å². The molecule has 0 saturated carbocycles. The van der Waals surface area contributed by atoms with E-state index in [1.807, 2.05) is 6.92 Å². The van der Waals surface area contributed by atoms with Crippen LogP contribution in [0, 0.1) is 11.8 Å². The van der Waals surface area contributed by atoms with Crippen molar-refractivity contribution in [1.82, 2.24) is 4.90 Å². The average molecular weight is 252 g/mol. The topological polar surface area (TPSA) is 96.8 Å². The summed E-state index contributed by atoms with van der Waals surface area (Å²) in [4.78, 5) is 24.6. The molecule has 2 unspecified atom stereocenters. The Bertz CT molecular complexity index is 468. The molecule has 0 radical (unpaired) electrons. The molecule has 3 N–H and O–H groups in total. The molecule has 2 heterocycles. The van der Waals surface area contributed by atoms with E-state index in [1.165, 1.54) is 4.90 Å². The number of rotatable bonds is 3. The van der Waals surface area contributed by atoms with E-state index >= 15 is 0 Å². The Hall–Kier alpha value is -1.82. The second kappa shape index (κ2) is 4.81. The number of nitrogens with two attached hydrogens (primary N) is 1. The van der Waals surface area contributed by atoms with Crippen molar-refractivity contribution in [2.75, 3.05) is 13.1 Å². The lowest BCUT2D eigenvalue weighted by atomic mass is 9.99. The Labute approximate surface area is 104 Å². The predicted octanol–water partition coefficient (Wildman–Crippen LogP) is 0.531. The molecule has 1 aliphatic rings. The minimum absolute atomic E-state index is 0.0459. The standard InChI is InChI=1S/C12H16N2O4/c1-7-5-14(6-9(7)12(16)17)11(15)10-3-2-8(4-13)18-10/h2-3,7,9H,4-6,13H2,1H3,(H,16,17). The van der Waals surface area contributed by atoms with E-state index in [0.29, 0.717) is 12.3 Å². The molecule has 2 rings (SSSR count). The predicted molar refractivity (Wildman–Crippen MR) is 62.8 cm³/mol. The first-order valence-corrected chi connectivity index (χ1v) is 5.83. The Morgan fingerprint density at radius 3 is 2.72 bits per heavy atom. The highest BCUT2D eigenvalue weighted by Crippen LogP contribution is 2.25. The highest BCUT2D eigenvalue weighted by molar-refractivity contribution is 5.92. The van der Waals surface area contributed by atoms with Crippen molar-refractivity contribution in [2.24, 2.45) is 17.6 Å². The molecule has 0 aliphatic carbocycles.